The first-order valence-corrected chi connectivity index (χ1v) is 10.8. The van der Waals surface area contributed by atoms with E-state index in [4.69, 9.17) is 0 Å². The van der Waals surface area contributed by atoms with Gasteiger partial charge in [0.25, 0.3) is 5.56 Å². The Hall–Kier alpha value is -3.39. The fraction of sp³-hybridized carbons (Fsp3) is 0.211. The van der Waals surface area contributed by atoms with Crippen LogP contribution in [0, 0.1) is 5.82 Å². The van der Waals surface area contributed by atoms with Gasteiger partial charge in [-0.15, -0.1) is 11.3 Å². The van der Waals surface area contributed by atoms with E-state index < -0.39 is 34.7 Å². The van der Waals surface area contributed by atoms with E-state index in [1.54, 1.807) is 0 Å². The zero-order chi connectivity index (χ0) is 24.1. The molecule has 0 aliphatic carbocycles. The topological polar surface area (TPSA) is 98.9 Å². The number of hydrogen-bond acceptors (Lipinski definition) is 7. The number of halogens is 4. The Balaban J connectivity index is 1.58. The Morgan fingerprint density at radius 1 is 1.18 bits per heavy atom. The summed E-state index contributed by atoms with van der Waals surface area (Å²) in [6.45, 7) is 0. The van der Waals surface area contributed by atoms with E-state index in [-0.39, 0.29) is 33.9 Å². The second kappa shape index (κ2) is 8.19. The van der Waals surface area contributed by atoms with Crippen LogP contribution in [0.5, 0.6) is 0 Å². The lowest BCUT2D eigenvalue weighted by molar-refractivity contribution is -0.137. The zero-order valence-corrected chi connectivity index (χ0v) is 18.5. The molecule has 1 amide bonds. The SMILES string of the molecule is Cn1c(=O)c2c(CC(=O)Nc3nc(-c4cc(C(F)(F)F)ccc4F)cs3)nsc2n(C)c1=O. The number of fused-ring (bicyclic) bond motifs is 1. The number of amides is 1. The molecule has 0 fully saturated rings. The highest BCUT2D eigenvalue weighted by Crippen LogP contribution is 2.34. The van der Waals surface area contributed by atoms with Gasteiger partial charge in [0.05, 0.1) is 28.8 Å². The number of thiazole rings is 1. The molecular formula is C19H13F4N5O3S2. The van der Waals surface area contributed by atoms with Crippen LogP contribution in [0.3, 0.4) is 0 Å². The fourth-order valence-corrected chi connectivity index (χ4v) is 4.69. The van der Waals surface area contributed by atoms with Gasteiger partial charge in [-0.2, -0.15) is 17.5 Å². The van der Waals surface area contributed by atoms with Gasteiger partial charge in [-0.3, -0.25) is 18.7 Å². The van der Waals surface area contributed by atoms with E-state index in [1.807, 2.05) is 0 Å². The van der Waals surface area contributed by atoms with Gasteiger partial charge < -0.3 is 5.32 Å². The van der Waals surface area contributed by atoms with Crippen LogP contribution in [0.15, 0.2) is 33.2 Å². The number of carbonyl (C=O) groups is 1. The van der Waals surface area contributed by atoms with Gasteiger partial charge >= 0.3 is 11.9 Å². The maximum Gasteiger partial charge on any atom is 0.416 e. The summed E-state index contributed by atoms with van der Waals surface area (Å²) in [5.41, 5.74) is -2.38. The van der Waals surface area contributed by atoms with Crippen LogP contribution < -0.4 is 16.6 Å². The highest BCUT2D eigenvalue weighted by atomic mass is 32.1. The Kier molecular flexibility index (Phi) is 5.66. The lowest BCUT2D eigenvalue weighted by atomic mass is 10.1. The van der Waals surface area contributed by atoms with E-state index in [2.05, 4.69) is 14.7 Å². The van der Waals surface area contributed by atoms with E-state index >= 15 is 0 Å². The molecule has 1 N–H and O–H groups in total. The first kappa shape index (κ1) is 22.8. The number of nitrogens with one attached hydrogen (secondary N) is 1. The molecule has 33 heavy (non-hydrogen) atoms. The number of alkyl halides is 3. The molecule has 8 nitrogen and oxygen atoms in total. The van der Waals surface area contributed by atoms with Gasteiger partial charge in [0.15, 0.2) is 5.13 Å². The molecule has 0 saturated carbocycles. The minimum atomic E-state index is -4.65. The van der Waals surface area contributed by atoms with Crippen molar-refractivity contribution in [3.05, 3.63) is 61.5 Å². The van der Waals surface area contributed by atoms with Crippen molar-refractivity contribution in [1.82, 2.24) is 18.5 Å². The summed E-state index contributed by atoms with van der Waals surface area (Å²) in [6.07, 6.45) is -4.95. The summed E-state index contributed by atoms with van der Waals surface area (Å²) in [4.78, 5) is 41.3. The smallest absolute Gasteiger partial charge is 0.302 e. The molecular weight excluding hydrogens is 486 g/mol. The number of aromatic nitrogens is 4. The molecule has 14 heteroatoms. The van der Waals surface area contributed by atoms with E-state index in [1.165, 1.54) is 24.0 Å². The first-order chi connectivity index (χ1) is 15.5. The van der Waals surface area contributed by atoms with Gasteiger partial charge in [-0.25, -0.2) is 14.2 Å². The van der Waals surface area contributed by atoms with Crippen LogP contribution in [0.1, 0.15) is 11.3 Å². The molecule has 3 heterocycles. The molecule has 172 valence electrons. The second-order valence-corrected chi connectivity index (χ2v) is 8.58. The van der Waals surface area contributed by atoms with Crippen molar-refractivity contribution in [2.45, 2.75) is 12.6 Å². The third-order valence-corrected chi connectivity index (χ3v) is 6.51. The molecule has 0 aliphatic heterocycles. The van der Waals surface area contributed by atoms with Crippen molar-refractivity contribution in [3.8, 4) is 11.3 Å². The summed E-state index contributed by atoms with van der Waals surface area (Å²) >= 11 is 1.81. The minimum Gasteiger partial charge on any atom is -0.302 e. The molecule has 0 aliphatic rings. The van der Waals surface area contributed by atoms with Crippen molar-refractivity contribution < 1.29 is 22.4 Å². The highest BCUT2D eigenvalue weighted by molar-refractivity contribution is 7.14. The monoisotopic (exact) mass is 499 g/mol. The van der Waals surface area contributed by atoms with Crippen molar-refractivity contribution in [2.75, 3.05) is 5.32 Å². The lowest BCUT2D eigenvalue weighted by Crippen LogP contribution is -2.36. The van der Waals surface area contributed by atoms with Crippen LogP contribution in [-0.2, 0) is 31.5 Å². The number of carbonyl (C=O) groups excluding carboxylic acids is 1. The van der Waals surface area contributed by atoms with Crippen LogP contribution in [0.2, 0.25) is 0 Å². The maximum absolute atomic E-state index is 14.1. The third-order valence-electron chi connectivity index (χ3n) is 4.79. The molecule has 4 aromatic rings. The second-order valence-electron chi connectivity index (χ2n) is 6.97. The molecule has 0 bridgehead atoms. The van der Waals surface area contributed by atoms with Gasteiger partial charge in [0.2, 0.25) is 5.91 Å². The van der Waals surface area contributed by atoms with Crippen molar-refractivity contribution in [2.24, 2.45) is 14.1 Å². The van der Waals surface area contributed by atoms with Crippen molar-refractivity contribution in [1.29, 1.82) is 0 Å². The quantitative estimate of drug-likeness (QED) is 0.435. The normalized spacial score (nSPS) is 11.8. The van der Waals surface area contributed by atoms with Gasteiger partial charge in [-0.05, 0) is 29.7 Å². The molecule has 3 aromatic heterocycles. The summed E-state index contributed by atoms with van der Waals surface area (Å²) < 4.78 is 59.2. The van der Waals surface area contributed by atoms with Crippen LogP contribution in [-0.4, -0.2) is 24.4 Å². The van der Waals surface area contributed by atoms with Crippen LogP contribution in [0.4, 0.5) is 22.7 Å². The fourth-order valence-electron chi connectivity index (χ4n) is 3.11. The first-order valence-electron chi connectivity index (χ1n) is 9.14. The van der Waals surface area contributed by atoms with E-state index in [0.29, 0.717) is 23.0 Å². The van der Waals surface area contributed by atoms with Gasteiger partial charge in [0.1, 0.15) is 10.6 Å². The Labute approximate surface area is 189 Å². The number of rotatable bonds is 4. The molecule has 0 unspecified atom stereocenters. The molecule has 0 saturated heterocycles. The van der Waals surface area contributed by atoms with Crippen molar-refractivity contribution >= 4 is 44.1 Å². The number of aryl methyl sites for hydroxylation is 1. The Bertz CT molecular complexity index is 1520. The predicted octanol–water partition coefficient (Wildman–Crippen LogP) is 3.16. The lowest BCUT2D eigenvalue weighted by Gasteiger charge is -2.08. The zero-order valence-electron chi connectivity index (χ0n) is 16.9. The maximum atomic E-state index is 14.1. The number of hydrogen-bond donors (Lipinski definition) is 1. The number of benzene rings is 1. The molecule has 0 radical (unpaired) electrons. The average molecular weight is 499 g/mol. The Morgan fingerprint density at radius 3 is 2.61 bits per heavy atom. The minimum absolute atomic E-state index is 0.0339. The molecule has 4 rings (SSSR count). The average Bonchev–Trinajstić information content (AvgIpc) is 3.37. The summed E-state index contributed by atoms with van der Waals surface area (Å²) in [6, 6.07) is 1.99. The molecule has 0 atom stereocenters. The van der Waals surface area contributed by atoms with E-state index in [9.17, 15) is 31.9 Å². The van der Waals surface area contributed by atoms with Crippen molar-refractivity contribution in [3.63, 3.8) is 0 Å². The van der Waals surface area contributed by atoms with Crippen LogP contribution >= 0.6 is 22.9 Å². The largest absolute Gasteiger partial charge is 0.416 e. The Morgan fingerprint density at radius 2 is 1.91 bits per heavy atom. The van der Waals surface area contributed by atoms with Gasteiger partial charge in [0, 0.05) is 25.0 Å². The molecule has 1 aromatic carbocycles. The number of nitrogens with zero attached hydrogens (tertiary/aromatic N) is 4. The molecule has 0 spiro atoms. The summed E-state index contributed by atoms with van der Waals surface area (Å²) in [5, 5.41) is 3.97. The third kappa shape index (κ3) is 4.18. The number of anilines is 1. The summed E-state index contributed by atoms with van der Waals surface area (Å²) in [5.74, 6) is -1.48. The standard InChI is InChI=1S/C19H13F4N5O3S2/c1-27-15(30)14-11(26-33-16(14)28(2)18(27)31)6-13(29)25-17-24-12(7-32-17)9-5-8(19(21,22)23)3-4-10(9)20/h3-5,7H,6H2,1-2H3,(H,24,25,29). The van der Waals surface area contributed by atoms with E-state index in [0.717, 1.165) is 27.4 Å². The summed E-state index contributed by atoms with van der Waals surface area (Å²) in [7, 11) is 2.80. The predicted molar refractivity (Wildman–Crippen MR) is 115 cm³/mol. The van der Waals surface area contributed by atoms with Crippen LogP contribution in [0.25, 0.3) is 21.5 Å². The van der Waals surface area contributed by atoms with Gasteiger partial charge in [-0.1, -0.05) is 0 Å². The highest BCUT2D eigenvalue weighted by Gasteiger charge is 2.31.